The van der Waals surface area contributed by atoms with Gasteiger partial charge in [-0.3, -0.25) is 0 Å². The minimum absolute atomic E-state index is 0.651. The predicted molar refractivity (Wildman–Crippen MR) is 81.1 cm³/mol. The van der Waals surface area contributed by atoms with E-state index in [-0.39, 0.29) is 0 Å². The van der Waals surface area contributed by atoms with Crippen LogP contribution in [0.4, 0.5) is 5.69 Å². The van der Waals surface area contributed by atoms with E-state index in [4.69, 9.17) is 11.2 Å². The maximum absolute atomic E-state index is 5.59. The highest BCUT2D eigenvalue weighted by Crippen LogP contribution is 2.31. The maximum atomic E-state index is 5.59. The molecule has 2 nitrogen and oxygen atoms in total. The number of thiocarbonyl (C=S) groups is 1. The van der Waals surface area contributed by atoms with Crippen LogP contribution in [0.15, 0.2) is 47.5 Å². The van der Waals surface area contributed by atoms with Crippen LogP contribution in [0.3, 0.4) is 0 Å². The van der Waals surface area contributed by atoms with Crippen molar-refractivity contribution in [2.45, 2.75) is 0 Å². The van der Waals surface area contributed by atoms with E-state index in [0.717, 1.165) is 16.9 Å². The molecule has 0 aliphatic heterocycles. The number of terminal acetylenes is 1. The lowest BCUT2D eigenvalue weighted by molar-refractivity contribution is 0.415. The van der Waals surface area contributed by atoms with Crippen molar-refractivity contribution in [3.05, 3.63) is 48.0 Å². The lowest BCUT2D eigenvalue weighted by Crippen LogP contribution is -1.87. The third-order valence-corrected chi connectivity index (χ3v) is 2.82. The first-order valence-electron chi connectivity index (χ1n) is 5.62. The number of hydrogen-bond acceptors (Lipinski definition) is 3. The minimum atomic E-state index is 0.651. The summed E-state index contributed by atoms with van der Waals surface area (Å²) in [5.74, 6) is 3.45. The summed E-state index contributed by atoms with van der Waals surface area (Å²) >= 11 is 4.64. The Kier molecular flexibility index (Phi) is 4.10. The highest BCUT2D eigenvalue weighted by atomic mass is 32.1. The Morgan fingerprint density at radius 3 is 2.68 bits per heavy atom. The van der Waals surface area contributed by atoms with Crippen molar-refractivity contribution in [1.82, 2.24) is 0 Å². The Bertz CT molecular complexity index is 694. The minimum Gasteiger partial charge on any atom is -0.497 e. The van der Waals surface area contributed by atoms with Crippen molar-refractivity contribution in [1.29, 1.82) is 0 Å². The summed E-state index contributed by atoms with van der Waals surface area (Å²) in [4.78, 5) is 4.00. The summed E-state index contributed by atoms with van der Waals surface area (Å²) in [6.45, 7) is 0. The summed E-state index contributed by atoms with van der Waals surface area (Å²) in [6, 6.07) is 13.4. The molecule has 0 unspecified atom stereocenters. The van der Waals surface area contributed by atoms with Gasteiger partial charge in [0.2, 0.25) is 0 Å². The Balaban J connectivity index is 2.65. The maximum Gasteiger partial charge on any atom is 0.119 e. The summed E-state index contributed by atoms with van der Waals surface area (Å²) in [6.07, 6.45) is 5.59. The molecule has 0 fully saturated rings. The van der Waals surface area contributed by atoms with E-state index in [0.29, 0.717) is 11.3 Å². The van der Waals surface area contributed by atoms with Crippen molar-refractivity contribution >= 4 is 23.1 Å². The molecule has 0 radical (unpaired) electrons. The topological polar surface area (TPSA) is 21.6 Å². The van der Waals surface area contributed by atoms with Gasteiger partial charge in [0.1, 0.15) is 5.75 Å². The van der Waals surface area contributed by atoms with Gasteiger partial charge in [0, 0.05) is 0 Å². The fourth-order valence-corrected chi connectivity index (χ4v) is 1.96. The van der Waals surface area contributed by atoms with Crippen LogP contribution in [0, 0.1) is 12.3 Å². The molecule has 0 aliphatic rings. The molecular formula is C16H11NOS. The highest BCUT2D eigenvalue weighted by Gasteiger charge is 2.08. The van der Waals surface area contributed by atoms with Gasteiger partial charge in [-0.25, -0.2) is 0 Å². The lowest BCUT2D eigenvalue weighted by atomic mass is 9.98. The van der Waals surface area contributed by atoms with Gasteiger partial charge in [0.25, 0.3) is 0 Å². The molecular weight excluding hydrogens is 254 g/mol. The quantitative estimate of drug-likeness (QED) is 0.474. The molecule has 0 spiro atoms. The van der Waals surface area contributed by atoms with E-state index in [1.165, 1.54) is 0 Å². The lowest BCUT2D eigenvalue weighted by Gasteiger charge is -2.08. The van der Waals surface area contributed by atoms with Crippen molar-refractivity contribution in [2.24, 2.45) is 4.99 Å². The molecule has 0 saturated carbocycles. The van der Waals surface area contributed by atoms with Gasteiger partial charge in [-0.05, 0) is 41.5 Å². The Labute approximate surface area is 117 Å². The van der Waals surface area contributed by atoms with Gasteiger partial charge < -0.3 is 4.74 Å². The molecule has 0 aromatic heterocycles. The van der Waals surface area contributed by atoms with Crippen molar-refractivity contribution in [2.75, 3.05) is 7.11 Å². The van der Waals surface area contributed by atoms with E-state index < -0.39 is 0 Å². The number of aliphatic imine (C=N–C) groups is 1. The zero-order chi connectivity index (χ0) is 13.7. The summed E-state index contributed by atoms with van der Waals surface area (Å²) in [5.41, 5.74) is 3.26. The van der Waals surface area contributed by atoms with E-state index in [9.17, 15) is 0 Å². The first-order chi connectivity index (χ1) is 9.30. The molecule has 0 saturated heterocycles. The molecule has 0 N–H and O–H groups in total. The fourth-order valence-electron chi connectivity index (χ4n) is 1.87. The van der Waals surface area contributed by atoms with Crippen LogP contribution in [-0.2, 0) is 0 Å². The van der Waals surface area contributed by atoms with Crippen molar-refractivity contribution in [3.8, 4) is 29.2 Å². The van der Waals surface area contributed by atoms with Gasteiger partial charge in [0.05, 0.1) is 23.5 Å². The number of nitrogens with zero attached hydrogens (tertiary/aromatic N) is 1. The van der Waals surface area contributed by atoms with Crippen LogP contribution in [-0.4, -0.2) is 12.3 Å². The van der Waals surface area contributed by atoms with Gasteiger partial charge in [0.15, 0.2) is 0 Å². The molecule has 0 atom stereocenters. The van der Waals surface area contributed by atoms with Gasteiger partial charge in [-0.1, -0.05) is 30.2 Å². The second-order valence-electron chi connectivity index (χ2n) is 3.78. The monoisotopic (exact) mass is 265 g/mol. The largest absolute Gasteiger partial charge is 0.497 e. The van der Waals surface area contributed by atoms with Crippen molar-refractivity contribution < 1.29 is 4.74 Å². The zero-order valence-electron chi connectivity index (χ0n) is 10.4. The van der Waals surface area contributed by atoms with E-state index in [1.807, 2.05) is 42.5 Å². The third-order valence-electron chi connectivity index (χ3n) is 2.73. The molecule has 0 aliphatic carbocycles. The first-order valence-corrected chi connectivity index (χ1v) is 6.03. The van der Waals surface area contributed by atoms with E-state index >= 15 is 0 Å². The number of benzene rings is 2. The van der Waals surface area contributed by atoms with Gasteiger partial charge in [-0.15, -0.1) is 6.42 Å². The summed E-state index contributed by atoms with van der Waals surface area (Å²) in [7, 11) is 1.63. The molecule has 3 heteroatoms. The predicted octanol–water partition coefficient (Wildman–Crippen LogP) is 4.08. The number of isothiocyanates is 1. The second-order valence-corrected chi connectivity index (χ2v) is 3.96. The number of methoxy groups -OCH3 is 1. The van der Waals surface area contributed by atoms with Crippen LogP contribution in [0.5, 0.6) is 5.75 Å². The Hall–Kier alpha value is -2.40. The first kappa shape index (κ1) is 13.0. The highest BCUT2D eigenvalue weighted by molar-refractivity contribution is 7.78. The zero-order valence-corrected chi connectivity index (χ0v) is 11.2. The number of ether oxygens (including phenoxy) is 1. The van der Waals surface area contributed by atoms with Gasteiger partial charge in [-0.2, -0.15) is 4.99 Å². The van der Waals surface area contributed by atoms with Crippen LogP contribution in [0.2, 0.25) is 0 Å². The van der Waals surface area contributed by atoms with E-state index in [2.05, 4.69) is 28.3 Å². The molecule has 2 aromatic rings. The summed E-state index contributed by atoms with van der Waals surface area (Å²) < 4.78 is 5.22. The average Bonchev–Trinajstić information content (AvgIpc) is 2.47. The Morgan fingerprint density at radius 2 is 2.00 bits per heavy atom. The second kappa shape index (κ2) is 5.97. The van der Waals surface area contributed by atoms with Crippen LogP contribution in [0.1, 0.15) is 5.56 Å². The SMILES string of the molecule is C#Cc1c(N=C=S)cccc1-c1cccc(OC)c1. The van der Waals surface area contributed by atoms with E-state index in [1.54, 1.807) is 7.11 Å². The van der Waals surface area contributed by atoms with Crippen LogP contribution < -0.4 is 4.74 Å². The normalized spacial score (nSPS) is 9.26. The van der Waals surface area contributed by atoms with Crippen molar-refractivity contribution in [3.63, 3.8) is 0 Å². The van der Waals surface area contributed by atoms with Crippen LogP contribution in [0.25, 0.3) is 11.1 Å². The molecule has 0 amide bonds. The van der Waals surface area contributed by atoms with Crippen LogP contribution >= 0.6 is 12.2 Å². The molecule has 0 bridgehead atoms. The average molecular weight is 265 g/mol. The summed E-state index contributed by atoms with van der Waals surface area (Å²) in [5, 5.41) is 2.35. The number of hydrogen-bond donors (Lipinski definition) is 0. The molecule has 2 rings (SSSR count). The standard InChI is InChI=1S/C16H11NOS/c1-3-14-15(8-5-9-16(14)17-11-19)12-6-4-7-13(10-12)18-2/h1,4-10H,2H3. The van der Waals surface area contributed by atoms with Gasteiger partial charge >= 0.3 is 0 Å². The fraction of sp³-hybridized carbons (Fsp3) is 0.0625. The number of rotatable bonds is 3. The third kappa shape index (κ3) is 2.71. The molecule has 0 heterocycles. The molecule has 92 valence electrons. The molecule has 2 aromatic carbocycles. The smallest absolute Gasteiger partial charge is 0.119 e. The molecule has 19 heavy (non-hydrogen) atoms. The Morgan fingerprint density at radius 1 is 1.21 bits per heavy atom.